The number of furan rings is 1. The minimum Gasteiger partial charge on any atom is -0.465 e. The number of anilines is 2. The molecule has 0 atom stereocenters. The van der Waals surface area contributed by atoms with Crippen LogP contribution in [0.2, 0.25) is 5.02 Å². The molecule has 1 aromatic carbocycles. The lowest BCUT2D eigenvalue weighted by molar-refractivity contribution is -0.111. The van der Waals surface area contributed by atoms with Crippen molar-refractivity contribution in [2.75, 3.05) is 36.5 Å². The van der Waals surface area contributed by atoms with E-state index >= 15 is 0 Å². The van der Waals surface area contributed by atoms with E-state index < -0.39 is 0 Å². The summed E-state index contributed by atoms with van der Waals surface area (Å²) in [7, 11) is 0. The lowest BCUT2D eigenvalue weighted by Crippen LogP contribution is -2.36. The molecular weight excluding hydrogens is 316 g/mol. The van der Waals surface area contributed by atoms with Crippen LogP contribution in [0.3, 0.4) is 0 Å². The normalized spacial score (nSPS) is 15.1. The molecule has 0 spiro atoms. The fourth-order valence-corrected chi connectivity index (χ4v) is 2.67. The molecule has 6 heteroatoms. The molecule has 0 bridgehead atoms. The maximum atomic E-state index is 11.9. The smallest absolute Gasteiger partial charge is 0.248 e. The number of rotatable bonds is 4. The summed E-state index contributed by atoms with van der Waals surface area (Å²) in [5.74, 6) is 0.387. The van der Waals surface area contributed by atoms with E-state index in [9.17, 15) is 4.79 Å². The third-order valence-corrected chi connectivity index (χ3v) is 3.81. The van der Waals surface area contributed by atoms with Crippen LogP contribution in [0.5, 0.6) is 0 Å². The van der Waals surface area contributed by atoms with Gasteiger partial charge in [-0.1, -0.05) is 11.6 Å². The van der Waals surface area contributed by atoms with Gasteiger partial charge in [-0.3, -0.25) is 4.79 Å². The molecule has 1 saturated heterocycles. The van der Waals surface area contributed by atoms with Gasteiger partial charge in [0, 0.05) is 24.9 Å². The first-order valence-corrected chi connectivity index (χ1v) is 7.75. The van der Waals surface area contributed by atoms with Crippen LogP contribution in [-0.4, -0.2) is 32.2 Å². The van der Waals surface area contributed by atoms with Crippen molar-refractivity contribution in [2.45, 2.75) is 0 Å². The summed E-state index contributed by atoms with van der Waals surface area (Å²) in [4.78, 5) is 14.1. The zero-order valence-corrected chi connectivity index (χ0v) is 13.3. The highest BCUT2D eigenvalue weighted by Gasteiger charge is 2.14. The molecule has 2 aromatic rings. The van der Waals surface area contributed by atoms with Gasteiger partial charge < -0.3 is 19.4 Å². The molecule has 1 amide bonds. The Morgan fingerprint density at radius 1 is 1.26 bits per heavy atom. The largest absolute Gasteiger partial charge is 0.465 e. The van der Waals surface area contributed by atoms with Crippen molar-refractivity contribution in [1.29, 1.82) is 0 Å². The highest BCUT2D eigenvalue weighted by molar-refractivity contribution is 6.33. The van der Waals surface area contributed by atoms with Crippen molar-refractivity contribution in [3.63, 3.8) is 0 Å². The highest BCUT2D eigenvalue weighted by atomic mass is 35.5. The molecule has 0 radical (unpaired) electrons. The van der Waals surface area contributed by atoms with E-state index in [0.717, 1.165) is 18.8 Å². The molecule has 0 saturated carbocycles. The SMILES string of the molecule is O=C(C=Cc1ccco1)Nc1ccc(N2CCOCC2)c(Cl)c1. The van der Waals surface area contributed by atoms with E-state index in [0.29, 0.717) is 29.7 Å². The van der Waals surface area contributed by atoms with Crippen LogP contribution in [-0.2, 0) is 9.53 Å². The van der Waals surface area contributed by atoms with Gasteiger partial charge in [0.15, 0.2) is 0 Å². The average Bonchev–Trinajstić information content (AvgIpc) is 3.07. The Labute approximate surface area is 139 Å². The van der Waals surface area contributed by atoms with Gasteiger partial charge in [-0.05, 0) is 36.4 Å². The second kappa shape index (κ2) is 7.35. The minimum absolute atomic E-state index is 0.239. The number of amides is 1. The number of morpholine rings is 1. The number of carbonyl (C=O) groups excluding carboxylic acids is 1. The standard InChI is InChI=1S/C17H17ClN2O3/c18-15-12-13(3-5-16(15)20-7-10-22-11-8-20)19-17(21)6-4-14-2-1-9-23-14/h1-6,9,12H,7-8,10-11H2,(H,19,21). The predicted octanol–water partition coefficient (Wildman–Crippen LogP) is 3.42. The van der Waals surface area contributed by atoms with E-state index in [1.807, 2.05) is 12.1 Å². The van der Waals surface area contributed by atoms with Gasteiger partial charge in [0.1, 0.15) is 5.76 Å². The summed E-state index contributed by atoms with van der Waals surface area (Å²) in [5.41, 5.74) is 1.61. The van der Waals surface area contributed by atoms with E-state index in [1.165, 1.54) is 6.08 Å². The molecule has 5 nitrogen and oxygen atoms in total. The van der Waals surface area contributed by atoms with E-state index in [2.05, 4.69) is 10.2 Å². The van der Waals surface area contributed by atoms with E-state index in [-0.39, 0.29) is 5.91 Å². The first kappa shape index (κ1) is 15.6. The molecule has 23 heavy (non-hydrogen) atoms. The maximum Gasteiger partial charge on any atom is 0.248 e. The second-order valence-electron chi connectivity index (χ2n) is 5.10. The van der Waals surface area contributed by atoms with Crippen LogP contribution in [0.15, 0.2) is 47.1 Å². The summed E-state index contributed by atoms with van der Waals surface area (Å²) in [6.45, 7) is 3.04. The Morgan fingerprint density at radius 2 is 2.09 bits per heavy atom. The zero-order valence-electron chi connectivity index (χ0n) is 12.5. The zero-order chi connectivity index (χ0) is 16.1. The van der Waals surface area contributed by atoms with Crippen molar-refractivity contribution in [3.8, 4) is 0 Å². The van der Waals surface area contributed by atoms with Crippen molar-refractivity contribution >= 4 is 35.0 Å². The lowest BCUT2D eigenvalue weighted by atomic mass is 10.2. The van der Waals surface area contributed by atoms with Gasteiger partial charge >= 0.3 is 0 Å². The van der Waals surface area contributed by atoms with Gasteiger partial charge in [-0.25, -0.2) is 0 Å². The number of nitrogens with one attached hydrogen (secondary N) is 1. The van der Waals surface area contributed by atoms with E-state index in [4.69, 9.17) is 20.8 Å². The molecule has 1 aliphatic rings. The Hall–Kier alpha value is -2.24. The van der Waals surface area contributed by atoms with Crippen molar-refractivity contribution in [2.24, 2.45) is 0 Å². The Balaban J connectivity index is 1.64. The molecule has 2 heterocycles. The molecule has 1 aromatic heterocycles. The quantitative estimate of drug-likeness (QED) is 0.872. The molecule has 120 valence electrons. The molecule has 0 unspecified atom stereocenters. The minimum atomic E-state index is -0.239. The summed E-state index contributed by atoms with van der Waals surface area (Å²) < 4.78 is 10.5. The second-order valence-corrected chi connectivity index (χ2v) is 5.51. The maximum absolute atomic E-state index is 11.9. The summed E-state index contributed by atoms with van der Waals surface area (Å²) in [5, 5.41) is 3.39. The van der Waals surface area contributed by atoms with E-state index in [1.54, 1.807) is 30.5 Å². The number of halogens is 1. The predicted molar refractivity (Wildman–Crippen MR) is 90.9 cm³/mol. The Bertz CT molecular complexity index is 692. The number of nitrogens with zero attached hydrogens (tertiary/aromatic N) is 1. The number of ether oxygens (including phenoxy) is 1. The number of benzene rings is 1. The van der Waals surface area contributed by atoms with Gasteiger partial charge in [0.05, 0.1) is 30.2 Å². The van der Waals surface area contributed by atoms with Gasteiger partial charge in [0.2, 0.25) is 5.91 Å². The third kappa shape index (κ3) is 4.15. The Kier molecular flexibility index (Phi) is 5.00. The van der Waals surface area contributed by atoms with Crippen LogP contribution in [0.1, 0.15) is 5.76 Å². The molecule has 0 aliphatic carbocycles. The van der Waals surface area contributed by atoms with Crippen molar-refractivity contribution < 1.29 is 13.9 Å². The highest BCUT2D eigenvalue weighted by Crippen LogP contribution is 2.29. The van der Waals surface area contributed by atoms with Gasteiger partial charge in [0.25, 0.3) is 0 Å². The van der Waals surface area contributed by atoms with Crippen LogP contribution in [0, 0.1) is 0 Å². The van der Waals surface area contributed by atoms with Crippen LogP contribution < -0.4 is 10.2 Å². The van der Waals surface area contributed by atoms with Gasteiger partial charge in [-0.2, -0.15) is 0 Å². The number of hydrogen-bond donors (Lipinski definition) is 1. The van der Waals surface area contributed by atoms with Gasteiger partial charge in [-0.15, -0.1) is 0 Å². The molecule has 1 aliphatic heterocycles. The number of hydrogen-bond acceptors (Lipinski definition) is 4. The fourth-order valence-electron chi connectivity index (χ4n) is 2.37. The molecule has 1 N–H and O–H groups in total. The van der Waals surface area contributed by atoms with Crippen LogP contribution in [0.25, 0.3) is 6.08 Å². The van der Waals surface area contributed by atoms with Crippen LogP contribution >= 0.6 is 11.6 Å². The summed E-state index contributed by atoms with van der Waals surface area (Å²) in [6.07, 6.45) is 4.59. The Morgan fingerprint density at radius 3 is 2.78 bits per heavy atom. The lowest BCUT2D eigenvalue weighted by Gasteiger charge is -2.29. The van der Waals surface area contributed by atoms with Crippen molar-refractivity contribution in [3.05, 3.63) is 53.5 Å². The first-order chi connectivity index (χ1) is 11.2. The average molecular weight is 333 g/mol. The van der Waals surface area contributed by atoms with Crippen molar-refractivity contribution in [1.82, 2.24) is 0 Å². The molecule has 3 rings (SSSR count). The molecule has 1 fully saturated rings. The third-order valence-electron chi connectivity index (χ3n) is 3.51. The summed E-state index contributed by atoms with van der Waals surface area (Å²) >= 11 is 6.34. The summed E-state index contributed by atoms with van der Waals surface area (Å²) in [6, 6.07) is 9.05. The monoisotopic (exact) mass is 332 g/mol. The number of carbonyl (C=O) groups is 1. The first-order valence-electron chi connectivity index (χ1n) is 7.37. The van der Waals surface area contributed by atoms with Crippen LogP contribution in [0.4, 0.5) is 11.4 Å². The molecular formula is C17H17ClN2O3. The fraction of sp³-hybridized carbons (Fsp3) is 0.235. The topological polar surface area (TPSA) is 54.7 Å².